The maximum Gasteiger partial charge on any atom is 0.509 e. The van der Waals surface area contributed by atoms with Gasteiger partial charge in [-0.1, -0.05) is 26.8 Å². The highest BCUT2D eigenvalue weighted by molar-refractivity contribution is 5.98. The van der Waals surface area contributed by atoms with Crippen molar-refractivity contribution in [3.8, 4) is 0 Å². The number of rotatable bonds is 2. The van der Waals surface area contributed by atoms with Crippen molar-refractivity contribution in [3.05, 3.63) is 12.7 Å². The summed E-state index contributed by atoms with van der Waals surface area (Å²) in [7, 11) is 0. The van der Waals surface area contributed by atoms with Crippen LogP contribution in [0.25, 0.3) is 0 Å². The fraction of sp³-hybridized carbons (Fsp3) is 0.783. The Bertz CT molecular complexity index is 896. The van der Waals surface area contributed by atoms with E-state index in [0.29, 0.717) is 12.8 Å². The van der Waals surface area contributed by atoms with Gasteiger partial charge < -0.3 is 24.4 Å². The molecule has 0 aromatic rings. The van der Waals surface area contributed by atoms with Gasteiger partial charge in [-0.05, 0) is 39.0 Å². The molecule has 8 nitrogen and oxygen atoms in total. The van der Waals surface area contributed by atoms with Crippen LogP contribution in [0.3, 0.4) is 0 Å². The molecule has 0 amide bonds. The van der Waals surface area contributed by atoms with Crippen LogP contribution in [0.4, 0.5) is 4.79 Å². The van der Waals surface area contributed by atoms with Crippen molar-refractivity contribution >= 4 is 17.7 Å². The number of aliphatic hydroxyl groups excluding tert-OH is 1. The minimum Gasteiger partial charge on any atom is -0.430 e. The molecule has 4 aliphatic rings. The molecule has 31 heavy (non-hydrogen) atoms. The molecular weight excluding hydrogens is 404 g/mol. The van der Waals surface area contributed by atoms with Crippen molar-refractivity contribution in [2.24, 2.45) is 16.7 Å². The standard InChI is InChI=1S/C23H32O8/c1-8-19(5)11-13(25)23-20(6)14(29-17(27)30-23)9-10-18(3,4)15(20)16(26)22(28,12(2)24)21(23,7)31-19/h8,14-16,26,28H,1,9-11H2,2-7H3/t14-,15+,16+,19+,20+,21-,22-,23+/m1/s1. The Balaban J connectivity index is 2.14. The fourth-order valence-electron chi connectivity index (χ4n) is 7.51. The van der Waals surface area contributed by atoms with Crippen molar-refractivity contribution < 1.29 is 38.8 Å². The van der Waals surface area contributed by atoms with E-state index in [1.165, 1.54) is 13.0 Å². The average Bonchev–Trinajstić information content (AvgIpc) is 2.64. The number of ketones is 2. The zero-order chi connectivity index (χ0) is 23.4. The van der Waals surface area contributed by atoms with Crippen molar-refractivity contribution in [2.45, 2.75) is 95.4 Å². The summed E-state index contributed by atoms with van der Waals surface area (Å²) in [5, 5.41) is 23.6. The van der Waals surface area contributed by atoms with Crippen LogP contribution in [0.1, 0.15) is 60.8 Å². The van der Waals surface area contributed by atoms with E-state index in [4.69, 9.17) is 14.2 Å². The van der Waals surface area contributed by atoms with E-state index >= 15 is 0 Å². The highest BCUT2D eigenvalue weighted by atomic mass is 16.8. The number of carbonyl (C=O) groups excluding carboxylic acids is 3. The van der Waals surface area contributed by atoms with Gasteiger partial charge in [0.25, 0.3) is 0 Å². The molecule has 2 N–H and O–H groups in total. The van der Waals surface area contributed by atoms with Crippen LogP contribution in [0.15, 0.2) is 12.7 Å². The van der Waals surface area contributed by atoms with Crippen LogP contribution in [-0.2, 0) is 23.8 Å². The molecule has 0 radical (unpaired) electrons. The molecule has 4 fully saturated rings. The van der Waals surface area contributed by atoms with Crippen molar-refractivity contribution in [1.29, 1.82) is 0 Å². The van der Waals surface area contributed by atoms with Gasteiger partial charge in [0, 0.05) is 12.3 Å². The second-order valence-corrected chi connectivity index (χ2v) is 10.9. The van der Waals surface area contributed by atoms with Crippen molar-refractivity contribution in [1.82, 2.24) is 0 Å². The molecule has 8 atom stereocenters. The first-order valence-electron chi connectivity index (χ1n) is 10.8. The molecule has 172 valence electrons. The third-order valence-electron chi connectivity index (χ3n) is 8.89. The first-order chi connectivity index (χ1) is 14.1. The number of carbonyl (C=O) groups is 3. The van der Waals surface area contributed by atoms with Crippen LogP contribution in [0, 0.1) is 16.7 Å². The minimum atomic E-state index is -2.52. The molecule has 2 heterocycles. The second kappa shape index (κ2) is 5.97. The van der Waals surface area contributed by atoms with Crippen LogP contribution >= 0.6 is 0 Å². The lowest BCUT2D eigenvalue weighted by atomic mass is 9.36. The third kappa shape index (κ3) is 2.19. The van der Waals surface area contributed by atoms with Gasteiger partial charge in [-0.15, -0.1) is 6.58 Å². The lowest BCUT2D eigenvalue weighted by molar-refractivity contribution is -0.402. The maximum atomic E-state index is 14.0. The number of aliphatic hydroxyl groups is 2. The quantitative estimate of drug-likeness (QED) is 0.499. The highest BCUT2D eigenvalue weighted by Crippen LogP contribution is 2.71. The predicted molar refractivity (Wildman–Crippen MR) is 108 cm³/mol. The smallest absolute Gasteiger partial charge is 0.430 e. The Hall–Kier alpha value is -1.77. The van der Waals surface area contributed by atoms with E-state index in [-0.39, 0.29) is 6.42 Å². The molecule has 2 saturated carbocycles. The summed E-state index contributed by atoms with van der Waals surface area (Å²) >= 11 is 0. The topological polar surface area (TPSA) is 119 Å². The van der Waals surface area contributed by atoms with Crippen molar-refractivity contribution in [2.75, 3.05) is 0 Å². The molecule has 0 unspecified atom stereocenters. The second-order valence-electron chi connectivity index (χ2n) is 10.9. The Kier molecular flexibility index (Phi) is 4.32. The van der Waals surface area contributed by atoms with E-state index in [1.807, 2.05) is 13.8 Å². The average molecular weight is 437 g/mol. The Morgan fingerprint density at radius 1 is 1.19 bits per heavy atom. The summed E-state index contributed by atoms with van der Waals surface area (Å²) in [6.07, 6.45) is -1.13. The van der Waals surface area contributed by atoms with Crippen LogP contribution in [0.5, 0.6) is 0 Å². The van der Waals surface area contributed by atoms with Gasteiger partial charge >= 0.3 is 6.16 Å². The van der Waals surface area contributed by atoms with Crippen LogP contribution in [0.2, 0.25) is 0 Å². The Morgan fingerprint density at radius 3 is 2.35 bits per heavy atom. The first kappa shape index (κ1) is 22.4. The molecule has 8 heteroatoms. The van der Waals surface area contributed by atoms with Gasteiger partial charge in [0.15, 0.2) is 22.8 Å². The van der Waals surface area contributed by atoms with Gasteiger partial charge in [-0.2, -0.15) is 0 Å². The zero-order valence-electron chi connectivity index (χ0n) is 19.0. The molecule has 2 aliphatic heterocycles. The molecule has 2 saturated heterocycles. The Morgan fingerprint density at radius 2 is 1.81 bits per heavy atom. The van der Waals surface area contributed by atoms with E-state index < -0.39 is 69.1 Å². The number of ether oxygens (including phenoxy) is 3. The van der Waals surface area contributed by atoms with Gasteiger partial charge in [-0.25, -0.2) is 4.79 Å². The van der Waals surface area contributed by atoms with Gasteiger partial charge in [-0.3, -0.25) is 9.59 Å². The van der Waals surface area contributed by atoms with Crippen LogP contribution in [-0.4, -0.2) is 62.5 Å². The molecule has 1 spiro atoms. The van der Waals surface area contributed by atoms with Gasteiger partial charge in [0.1, 0.15) is 6.10 Å². The Labute approximate surface area is 181 Å². The summed E-state index contributed by atoms with van der Waals surface area (Å²) in [6.45, 7) is 13.5. The summed E-state index contributed by atoms with van der Waals surface area (Å²) in [4.78, 5) is 39.7. The first-order valence-corrected chi connectivity index (χ1v) is 10.8. The molecule has 0 bridgehead atoms. The third-order valence-corrected chi connectivity index (χ3v) is 8.89. The zero-order valence-corrected chi connectivity index (χ0v) is 19.0. The molecule has 4 rings (SSSR count). The SMILES string of the molecule is C=C[C@@]1(C)CC(=O)[C@@]23OC(=O)O[C@@H]4CCC(C)(C)[C@H]([C@H](O)[C@](O)(C(C)=O)[C@@]2(C)O1)[C@]43C. The lowest BCUT2D eigenvalue weighted by Gasteiger charge is -2.74. The number of hydrogen-bond acceptors (Lipinski definition) is 8. The van der Waals surface area contributed by atoms with Gasteiger partial charge in [0.2, 0.25) is 5.60 Å². The number of hydrogen-bond donors (Lipinski definition) is 2. The minimum absolute atomic E-state index is 0.168. The van der Waals surface area contributed by atoms with Gasteiger partial charge in [0.05, 0.1) is 17.1 Å². The summed E-state index contributed by atoms with van der Waals surface area (Å²) in [5.74, 6) is -2.05. The summed E-state index contributed by atoms with van der Waals surface area (Å²) in [5.41, 5.74) is -9.74. The summed E-state index contributed by atoms with van der Waals surface area (Å²) < 4.78 is 17.7. The maximum absolute atomic E-state index is 14.0. The fourth-order valence-corrected chi connectivity index (χ4v) is 7.51. The normalized spacial score (nSPS) is 52.8. The largest absolute Gasteiger partial charge is 0.509 e. The molecule has 2 aliphatic carbocycles. The lowest BCUT2D eigenvalue weighted by Crippen LogP contribution is -2.93. The van der Waals surface area contributed by atoms with E-state index in [2.05, 4.69) is 6.58 Å². The molecule has 0 aromatic carbocycles. The van der Waals surface area contributed by atoms with E-state index in [9.17, 15) is 24.6 Å². The van der Waals surface area contributed by atoms with E-state index in [1.54, 1.807) is 13.8 Å². The van der Waals surface area contributed by atoms with E-state index in [0.717, 1.165) is 6.92 Å². The predicted octanol–water partition coefficient (Wildman–Crippen LogP) is 2.09. The monoisotopic (exact) mass is 436 g/mol. The highest BCUT2D eigenvalue weighted by Gasteiger charge is 2.89. The molecular formula is C23H32O8. The van der Waals surface area contributed by atoms with Crippen LogP contribution < -0.4 is 0 Å². The van der Waals surface area contributed by atoms with Crippen molar-refractivity contribution in [3.63, 3.8) is 0 Å². The number of Topliss-reactive ketones (excluding diaryl/α,β-unsaturated/α-hetero) is 2. The summed E-state index contributed by atoms with van der Waals surface area (Å²) in [6, 6.07) is 0. The molecule has 0 aromatic heterocycles.